The molecule has 0 spiro atoms. The van der Waals surface area contributed by atoms with Crippen molar-refractivity contribution in [2.45, 2.75) is 60.2 Å². The molecule has 0 radical (unpaired) electrons. The molecule has 37 heavy (non-hydrogen) atoms. The summed E-state index contributed by atoms with van der Waals surface area (Å²) >= 11 is 0. The number of hydrogen-bond acceptors (Lipinski definition) is 6. The molecule has 6 nitrogen and oxygen atoms in total. The second kappa shape index (κ2) is 14.2. The van der Waals surface area contributed by atoms with Gasteiger partial charge in [0.1, 0.15) is 0 Å². The van der Waals surface area contributed by atoms with Crippen molar-refractivity contribution in [1.82, 2.24) is 9.62 Å². The molecule has 9 heteroatoms. The Kier molecular flexibility index (Phi) is 12.9. The van der Waals surface area contributed by atoms with Crippen molar-refractivity contribution in [1.29, 1.82) is 0 Å². The third-order valence-electron chi connectivity index (χ3n) is 6.61. The van der Waals surface area contributed by atoms with Gasteiger partial charge in [0.05, 0.1) is 12.2 Å². The molecule has 1 aliphatic rings. The van der Waals surface area contributed by atoms with Gasteiger partial charge in [0.15, 0.2) is 0 Å². The second-order valence-corrected chi connectivity index (χ2v) is 12.3. The fourth-order valence-corrected chi connectivity index (χ4v) is 4.08. The normalized spacial score (nSPS) is 15.9. The first-order valence-corrected chi connectivity index (χ1v) is 12.8. The molecule has 2 aromatic rings. The summed E-state index contributed by atoms with van der Waals surface area (Å²) in [6, 6.07) is 22.0. The number of anilines is 2. The fraction of sp³-hybridized carbons (Fsp3) is 0.536. The first-order valence-electron chi connectivity index (χ1n) is 12.8. The summed E-state index contributed by atoms with van der Waals surface area (Å²) in [7, 11) is 8.51. The standard InChI is InChI=1S/C17H22B2N4.C11H24O2.Pt/c1-20(2)18-19(21(3)4)23(17-13-9-6-10-14-17)15-22(18)16-11-7-5-8-12-16;1-10(2,3)8(12)7-9(13)11(4,5)6;/h5-13,15H,1-4H3;8-9,12-13H,7H2,1-6H3;/q-2;;+2. The molecule has 1 fully saturated rings. The van der Waals surface area contributed by atoms with Gasteiger partial charge in [-0.25, -0.2) is 0 Å². The van der Waals surface area contributed by atoms with E-state index >= 15 is 0 Å². The van der Waals surface area contributed by atoms with E-state index in [1.54, 1.807) is 0 Å². The summed E-state index contributed by atoms with van der Waals surface area (Å²) in [5, 5.41) is 19.5. The van der Waals surface area contributed by atoms with Crippen molar-refractivity contribution in [2.24, 2.45) is 10.8 Å². The van der Waals surface area contributed by atoms with E-state index in [0.717, 1.165) is 5.69 Å². The molecule has 2 N–H and O–H groups in total. The van der Waals surface area contributed by atoms with Crippen LogP contribution in [0, 0.1) is 23.6 Å². The van der Waals surface area contributed by atoms with E-state index in [4.69, 9.17) is 0 Å². The Morgan fingerprint density at radius 3 is 1.65 bits per heavy atom. The minimum Gasteiger partial charge on any atom is -0.559 e. The van der Waals surface area contributed by atoms with Gasteiger partial charge in [-0.2, -0.15) is 37.0 Å². The molecule has 1 heterocycles. The van der Waals surface area contributed by atoms with Crippen LogP contribution in [0.4, 0.5) is 11.4 Å². The number of nitrogens with zero attached hydrogens (tertiary/aromatic N) is 4. The molecule has 3 rings (SSSR count). The van der Waals surface area contributed by atoms with Gasteiger partial charge in [-0.15, -0.1) is 5.69 Å². The van der Waals surface area contributed by atoms with E-state index in [9.17, 15) is 10.2 Å². The van der Waals surface area contributed by atoms with Gasteiger partial charge >= 0.3 is 34.8 Å². The van der Waals surface area contributed by atoms with Gasteiger partial charge in [-0.1, -0.05) is 59.7 Å². The van der Waals surface area contributed by atoms with E-state index in [2.05, 4.69) is 103 Å². The molecular weight excluding hydrogens is 641 g/mol. The maximum atomic E-state index is 9.76. The van der Waals surface area contributed by atoms with Gasteiger partial charge in [0.2, 0.25) is 0 Å². The van der Waals surface area contributed by atoms with Crippen molar-refractivity contribution < 1.29 is 31.3 Å². The molecule has 0 saturated carbocycles. The molecule has 0 aliphatic carbocycles. The number of hydrogen-bond donors (Lipinski definition) is 2. The van der Waals surface area contributed by atoms with Crippen molar-refractivity contribution in [3.8, 4) is 0 Å². The van der Waals surface area contributed by atoms with Crippen LogP contribution < -0.4 is 9.62 Å². The van der Waals surface area contributed by atoms with E-state index in [1.807, 2.05) is 53.7 Å². The minimum atomic E-state index is -0.443. The maximum Gasteiger partial charge on any atom is 2.00 e. The first kappa shape index (κ1) is 33.7. The van der Waals surface area contributed by atoms with Crippen LogP contribution in [0.5, 0.6) is 0 Å². The molecule has 0 aromatic heterocycles. The van der Waals surface area contributed by atoms with Crippen LogP contribution in [-0.2, 0) is 21.1 Å². The molecule has 1 aliphatic heterocycles. The van der Waals surface area contributed by atoms with Gasteiger partial charge in [0, 0.05) is 6.42 Å². The van der Waals surface area contributed by atoms with Crippen LogP contribution in [0.3, 0.4) is 0 Å². The van der Waals surface area contributed by atoms with Crippen LogP contribution in [0.25, 0.3) is 0 Å². The molecule has 2 aromatic carbocycles. The van der Waals surface area contributed by atoms with Crippen LogP contribution in [0.15, 0.2) is 54.6 Å². The van der Waals surface area contributed by atoms with E-state index in [0.29, 0.717) is 6.42 Å². The summed E-state index contributed by atoms with van der Waals surface area (Å²) in [5.74, 6) is 0. The first-order chi connectivity index (χ1) is 16.6. The van der Waals surface area contributed by atoms with Gasteiger partial charge in [-0.05, 0) is 56.8 Å². The average molecular weight is 687 g/mol. The number of rotatable bonds is 6. The summed E-state index contributed by atoms with van der Waals surface area (Å²) < 4.78 is 0. The van der Waals surface area contributed by atoms with Gasteiger partial charge in [-0.3, -0.25) is 0 Å². The number of para-hydroxylation sites is 2. The third-order valence-corrected chi connectivity index (χ3v) is 6.61. The van der Waals surface area contributed by atoms with E-state index in [1.165, 1.54) is 5.69 Å². The van der Waals surface area contributed by atoms with Crippen molar-refractivity contribution >= 4 is 25.1 Å². The van der Waals surface area contributed by atoms with Crippen LogP contribution in [0.2, 0.25) is 0 Å². The zero-order valence-corrected chi connectivity index (χ0v) is 26.6. The molecule has 206 valence electrons. The predicted octanol–water partition coefficient (Wildman–Crippen LogP) is 4.30. The Labute approximate surface area is 241 Å². The van der Waals surface area contributed by atoms with Crippen LogP contribution in [-0.4, -0.2) is 74.0 Å². The summed E-state index contributed by atoms with van der Waals surface area (Å²) in [4.78, 5) is 9.13. The zero-order chi connectivity index (χ0) is 27.3. The van der Waals surface area contributed by atoms with Crippen molar-refractivity contribution in [2.75, 3.05) is 37.8 Å². The summed E-state index contributed by atoms with van der Waals surface area (Å²) in [5.41, 5.74) is 1.98. The van der Waals surface area contributed by atoms with E-state index < -0.39 is 12.2 Å². The topological polar surface area (TPSA) is 53.4 Å². The fourth-order valence-electron chi connectivity index (χ4n) is 4.08. The zero-order valence-electron chi connectivity index (χ0n) is 24.3. The quantitative estimate of drug-likeness (QED) is 0.350. The average Bonchev–Trinajstić information content (AvgIpc) is 3.21. The monoisotopic (exact) mass is 687 g/mol. The molecule has 0 bridgehead atoms. The molecule has 2 unspecified atom stereocenters. The Morgan fingerprint density at radius 1 is 0.784 bits per heavy atom. The Balaban J connectivity index is 0.000000423. The Bertz CT molecular complexity index is 834. The number of aliphatic hydroxyl groups excluding tert-OH is 2. The smallest absolute Gasteiger partial charge is 0.559 e. The largest absolute Gasteiger partial charge is 2.00 e. The summed E-state index contributed by atoms with van der Waals surface area (Å²) in [6.07, 6.45) is -0.434. The van der Waals surface area contributed by atoms with Crippen LogP contribution in [0.1, 0.15) is 48.0 Å². The Morgan fingerprint density at radius 2 is 1.24 bits per heavy atom. The van der Waals surface area contributed by atoms with Gasteiger partial charge < -0.3 is 29.5 Å². The molecule has 0 amide bonds. The van der Waals surface area contributed by atoms with Crippen molar-refractivity contribution in [3.63, 3.8) is 0 Å². The number of benzene rings is 2. The SMILES string of the molecule is CC(C)(C)C(O)CC(O)C(C)(C)C.CN(C)B1B(N(C)C)N(c2ccccc2)[CH-]N1c1[c-]cccc1.[Pt+2]. The van der Waals surface area contributed by atoms with Gasteiger partial charge in [0.25, 0.3) is 0 Å². The van der Waals surface area contributed by atoms with E-state index in [-0.39, 0.29) is 45.6 Å². The maximum absolute atomic E-state index is 9.76. The summed E-state index contributed by atoms with van der Waals surface area (Å²) in [6.45, 7) is 14.5. The molecule has 1 saturated heterocycles. The van der Waals surface area contributed by atoms with Crippen LogP contribution >= 0.6 is 0 Å². The second-order valence-electron chi connectivity index (χ2n) is 12.3. The Hall–Kier alpha value is -1.30. The molecular formula is C28H46B2N4O2Pt. The molecule has 2 atom stereocenters. The third kappa shape index (κ3) is 9.44. The number of aliphatic hydroxyl groups is 2. The minimum absolute atomic E-state index is 0. The predicted molar refractivity (Wildman–Crippen MR) is 155 cm³/mol. The van der Waals surface area contributed by atoms with Crippen molar-refractivity contribution in [3.05, 3.63) is 67.3 Å².